The van der Waals surface area contributed by atoms with Crippen LogP contribution in [0, 0.1) is 0 Å². The van der Waals surface area contributed by atoms with Crippen molar-refractivity contribution < 1.29 is 9.53 Å². The van der Waals surface area contributed by atoms with Gasteiger partial charge in [-0.05, 0) is 47.2 Å². The van der Waals surface area contributed by atoms with E-state index in [0.29, 0.717) is 16.3 Å². The Morgan fingerprint density at radius 2 is 1.41 bits per heavy atom. The first kappa shape index (κ1) is 18.6. The third kappa shape index (κ3) is 4.15. The summed E-state index contributed by atoms with van der Waals surface area (Å²) < 4.78 is 5.50. The summed E-state index contributed by atoms with van der Waals surface area (Å²) in [5.41, 5.74) is 0.119. The molecule has 136 valence electrons. The summed E-state index contributed by atoms with van der Waals surface area (Å²) in [6.07, 6.45) is 3.22. The molecule has 4 rings (SSSR count). The van der Waals surface area contributed by atoms with E-state index in [9.17, 15) is 14.4 Å². The highest BCUT2D eigenvalue weighted by Crippen LogP contribution is 2.15. The predicted molar refractivity (Wildman–Crippen MR) is 108 cm³/mol. The lowest BCUT2D eigenvalue weighted by atomic mass is 10.1. The van der Waals surface area contributed by atoms with Crippen molar-refractivity contribution in [2.24, 2.45) is 0 Å². The first-order chi connectivity index (χ1) is 13.0. The van der Waals surface area contributed by atoms with Gasteiger partial charge in [0.2, 0.25) is 0 Å². The van der Waals surface area contributed by atoms with Crippen LogP contribution in [0.5, 0.6) is 0 Å². The van der Waals surface area contributed by atoms with Crippen LogP contribution in [-0.2, 0) is 4.74 Å². The number of fused-ring (bicyclic) bond motifs is 2. The number of nitrogens with one attached hydrogen (secondary N) is 2. The van der Waals surface area contributed by atoms with E-state index in [1.54, 1.807) is 30.6 Å². The van der Waals surface area contributed by atoms with Crippen LogP contribution in [-0.4, -0.2) is 23.0 Å². The van der Waals surface area contributed by atoms with Crippen LogP contribution >= 0.6 is 15.9 Å². The van der Waals surface area contributed by atoms with Crippen LogP contribution in [0.15, 0.2) is 75.0 Å². The Hall–Kier alpha value is -3.19. The maximum absolute atomic E-state index is 11.4. The molecule has 0 radical (unpaired) electrons. The molecular formula is C20H15BrN2O4. The molecule has 0 aliphatic heterocycles. The smallest absolute Gasteiger partial charge is 0.337 e. The van der Waals surface area contributed by atoms with Gasteiger partial charge >= 0.3 is 5.97 Å². The molecule has 0 saturated carbocycles. The zero-order valence-corrected chi connectivity index (χ0v) is 15.9. The Balaban J connectivity index is 0.000000159. The number of esters is 1. The second kappa shape index (κ2) is 8.01. The number of hydrogen-bond acceptors (Lipinski definition) is 4. The molecule has 2 heterocycles. The van der Waals surface area contributed by atoms with Gasteiger partial charge < -0.3 is 14.7 Å². The number of benzene rings is 2. The zero-order valence-electron chi connectivity index (χ0n) is 14.3. The number of ether oxygens (including phenoxy) is 1. The Labute approximate surface area is 161 Å². The van der Waals surface area contributed by atoms with Crippen LogP contribution in [0.4, 0.5) is 0 Å². The van der Waals surface area contributed by atoms with Gasteiger partial charge in [-0.15, -0.1) is 0 Å². The molecular weight excluding hydrogens is 412 g/mol. The predicted octanol–water partition coefficient (Wildman–Crippen LogP) is 3.61. The lowest BCUT2D eigenvalue weighted by Gasteiger charge is -2.00. The van der Waals surface area contributed by atoms with Gasteiger partial charge in [-0.25, -0.2) is 4.79 Å². The lowest BCUT2D eigenvalue weighted by Crippen LogP contribution is -2.07. The minimum absolute atomic E-state index is 0.0474. The molecule has 2 aromatic carbocycles. The topological polar surface area (TPSA) is 92.0 Å². The first-order valence-electron chi connectivity index (χ1n) is 7.96. The third-order valence-electron chi connectivity index (χ3n) is 3.93. The van der Waals surface area contributed by atoms with E-state index in [1.807, 2.05) is 24.3 Å². The fourth-order valence-electron chi connectivity index (χ4n) is 2.58. The van der Waals surface area contributed by atoms with Gasteiger partial charge in [0.15, 0.2) is 0 Å². The van der Waals surface area contributed by atoms with E-state index in [4.69, 9.17) is 0 Å². The number of aromatic amines is 2. The second-order valence-corrected chi connectivity index (χ2v) is 6.55. The Morgan fingerprint density at radius 3 is 2.00 bits per heavy atom. The van der Waals surface area contributed by atoms with Crippen molar-refractivity contribution in [2.75, 3.05) is 7.11 Å². The molecule has 0 fully saturated rings. The molecule has 27 heavy (non-hydrogen) atoms. The summed E-state index contributed by atoms with van der Waals surface area (Å²) in [6, 6.07) is 14.2. The number of halogens is 1. The minimum atomic E-state index is -0.444. The molecule has 0 bridgehead atoms. The Kier molecular flexibility index (Phi) is 5.52. The molecule has 6 nitrogen and oxygen atoms in total. The van der Waals surface area contributed by atoms with Crippen molar-refractivity contribution in [3.05, 3.63) is 91.7 Å². The van der Waals surface area contributed by atoms with Gasteiger partial charge in [-0.2, -0.15) is 0 Å². The third-order valence-corrected chi connectivity index (χ3v) is 4.43. The van der Waals surface area contributed by atoms with Crippen molar-refractivity contribution >= 4 is 43.4 Å². The summed E-state index contributed by atoms with van der Waals surface area (Å²) in [5.74, 6) is -0.444. The van der Waals surface area contributed by atoms with Crippen molar-refractivity contribution in [3.8, 4) is 0 Å². The highest BCUT2D eigenvalue weighted by Gasteiger charge is 2.06. The molecule has 0 aliphatic rings. The number of pyridine rings is 2. The number of aromatic nitrogens is 2. The van der Waals surface area contributed by atoms with E-state index in [-0.39, 0.29) is 11.1 Å². The molecule has 0 amide bonds. The van der Waals surface area contributed by atoms with Gasteiger partial charge in [0.1, 0.15) is 0 Å². The van der Waals surface area contributed by atoms with Crippen molar-refractivity contribution in [1.29, 1.82) is 0 Å². The van der Waals surface area contributed by atoms with Gasteiger partial charge in [-0.3, -0.25) is 9.59 Å². The minimum Gasteiger partial charge on any atom is -0.465 e. The maximum Gasteiger partial charge on any atom is 0.337 e. The van der Waals surface area contributed by atoms with Gasteiger partial charge in [0.05, 0.1) is 12.7 Å². The monoisotopic (exact) mass is 426 g/mol. The summed E-state index contributed by atoms with van der Waals surface area (Å²) >= 11 is 3.31. The van der Waals surface area contributed by atoms with Crippen molar-refractivity contribution in [2.45, 2.75) is 0 Å². The quantitative estimate of drug-likeness (QED) is 0.454. The zero-order chi connectivity index (χ0) is 19.4. The average Bonchev–Trinajstić information content (AvgIpc) is 2.69. The SMILES string of the molecule is COC(=O)c1ccc2cc[nH]c(=O)c2c1.O=c1[nH]ccc2ccc(Br)cc12. The normalized spacial score (nSPS) is 10.3. The summed E-state index contributed by atoms with van der Waals surface area (Å²) in [4.78, 5) is 39.1. The van der Waals surface area contributed by atoms with Crippen LogP contribution in [0.1, 0.15) is 10.4 Å². The fourth-order valence-corrected chi connectivity index (χ4v) is 2.94. The molecule has 0 atom stereocenters. The van der Waals surface area contributed by atoms with E-state index < -0.39 is 5.97 Å². The second-order valence-electron chi connectivity index (χ2n) is 5.64. The Bertz CT molecular complexity index is 1240. The number of methoxy groups -OCH3 is 1. The van der Waals surface area contributed by atoms with Crippen LogP contribution in [0.3, 0.4) is 0 Å². The number of carbonyl (C=O) groups is 1. The molecule has 0 aliphatic carbocycles. The van der Waals surface area contributed by atoms with Crippen LogP contribution < -0.4 is 11.1 Å². The lowest BCUT2D eigenvalue weighted by molar-refractivity contribution is 0.0601. The summed E-state index contributed by atoms with van der Waals surface area (Å²) in [7, 11) is 1.31. The van der Waals surface area contributed by atoms with Crippen LogP contribution in [0.25, 0.3) is 21.5 Å². The molecule has 0 saturated heterocycles. The first-order valence-corrected chi connectivity index (χ1v) is 8.75. The van der Waals surface area contributed by atoms with Crippen molar-refractivity contribution in [1.82, 2.24) is 9.97 Å². The van der Waals surface area contributed by atoms with E-state index in [2.05, 4.69) is 30.6 Å². The van der Waals surface area contributed by atoms with Crippen molar-refractivity contribution in [3.63, 3.8) is 0 Å². The molecule has 7 heteroatoms. The average molecular weight is 427 g/mol. The Morgan fingerprint density at radius 1 is 0.852 bits per heavy atom. The number of H-pyrrole nitrogens is 2. The molecule has 0 unspecified atom stereocenters. The largest absolute Gasteiger partial charge is 0.465 e. The highest BCUT2D eigenvalue weighted by molar-refractivity contribution is 9.10. The number of carbonyl (C=O) groups excluding carboxylic acids is 1. The van der Waals surface area contributed by atoms with E-state index >= 15 is 0 Å². The molecule has 2 N–H and O–H groups in total. The molecule has 4 aromatic rings. The number of rotatable bonds is 1. The fraction of sp³-hybridized carbons (Fsp3) is 0.0500. The van der Waals surface area contributed by atoms with Crippen LogP contribution in [0.2, 0.25) is 0 Å². The van der Waals surface area contributed by atoms with Gasteiger partial charge in [0.25, 0.3) is 11.1 Å². The maximum atomic E-state index is 11.4. The molecule has 2 aromatic heterocycles. The summed E-state index contributed by atoms with van der Waals surface area (Å²) in [5, 5.41) is 2.96. The summed E-state index contributed by atoms with van der Waals surface area (Å²) in [6.45, 7) is 0. The van der Waals surface area contributed by atoms with Gasteiger partial charge in [0, 0.05) is 27.6 Å². The number of hydrogen-bond donors (Lipinski definition) is 2. The highest BCUT2D eigenvalue weighted by atomic mass is 79.9. The standard InChI is InChI=1S/C11H9NO3.C9H6BrNO/c1-15-11(14)8-3-2-7-4-5-12-10(13)9(7)6-8;10-7-2-1-6-3-4-11-9(12)8(6)5-7/h2-6H,1H3,(H,12,13);1-5H,(H,11,12). The van der Waals surface area contributed by atoms with E-state index in [1.165, 1.54) is 13.2 Å². The van der Waals surface area contributed by atoms with Gasteiger partial charge in [-0.1, -0.05) is 28.1 Å². The molecule has 0 spiro atoms. The van der Waals surface area contributed by atoms with E-state index in [0.717, 1.165) is 15.2 Å².